The molecule has 1 amide bonds. The summed E-state index contributed by atoms with van der Waals surface area (Å²) < 4.78 is 0. The largest absolute Gasteiger partial charge is 0.342 e. The van der Waals surface area contributed by atoms with Crippen LogP contribution in [-0.4, -0.2) is 46.1 Å². The summed E-state index contributed by atoms with van der Waals surface area (Å²) in [5.74, 6) is 1.74. The lowest BCUT2D eigenvalue weighted by Crippen LogP contribution is -2.29. The molecule has 2 aromatic carbocycles. The van der Waals surface area contributed by atoms with Gasteiger partial charge in [0.05, 0.1) is 11.9 Å². The topological polar surface area (TPSA) is 73.4 Å². The number of allylic oxidation sites excluding steroid dienone is 1. The number of H-pyrrole nitrogens is 1. The Hall–Kier alpha value is -3.51. The van der Waals surface area contributed by atoms with Crippen LogP contribution in [0.1, 0.15) is 78.2 Å². The Morgan fingerprint density at radius 2 is 1.78 bits per heavy atom. The zero-order chi connectivity index (χ0) is 24.9. The number of nitrogens with one attached hydrogen (secondary N) is 2. The number of imidazole rings is 1. The lowest BCUT2D eigenvalue weighted by molar-refractivity contribution is 0.0788. The number of benzene rings is 2. The van der Waals surface area contributed by atoms with Gasteiger partial charge in [0.25, 0.3) is 5.91 Å². The predicted molar refractivity (Wildman–Crippen MR) is 148 cm³/mol. The molecule has 0 bridgehead atoms. The van der Waals surface area contributed by atoms with Crippen molar-refractivity contribution < 1.29 is 4.79 Å². The lowest BCUT2D eigenvalue weighted by atomic mass is 9.91. The summed E-state index contributed by atoms with van der Waals surface area (Å²) in [6.45, 7) is 1.65. The van der Waals surface area contributed by atoms with Crippen LogP contribution in [0.4, 0.5) is 0 Å². The number of hydrogen-bond donors (Lipinski definition) is 2. The molecule has 188 valence electrons. The van der Waals surface area contributed by atoms with Crippen molar-refractivity contribution in [2.24, 2.45) is 4.99 Å². The van der Waals surface area contributed by atoms with Crippen molar-refractivity contribution in [3.8, 4) is 22.4 Å². The summed E-state index contributed by atoms with van der Waals surface area (Å²) >= 11 is 0. The molecule has 6 heteroatoms. The first kappa shape index (κ1) is 22.7. The molecule has 1 saturated heterocycles. The second-order valence-corrected chi connectivity index (χ2v) is 11.1. The maximum Gasteiger partial charge on any atom is 0.254 e. The second kappa shape index (κ2) is 9.10. The van der Waals surface area contributed by atoms with E-state index in [1.54, 1.807) is 0 Å². The van der Waals surface area contributed by atoms with E-state index in [1.165, 1.54) is 43.4 Å². The van der Waals surface area contributed by atoms with Crippen molar-refractivity contribution in [2.75, 3.05) is 13.6 Å². The molecule has 0 spiro atoms. The molecule has 1 saturated carbocycles. The quantitative estimate of drug-likeness (QED) is 0.475. The maximum absolute atomic E-state index is 13.5. The fourth-order valence-electron chi connectivity index (χ4n) is 6.54. The van der Waals surface area contributed by atoms with Crippen LogP contribution in [0.3, 0.4) is 0 Å². The van der Waals surface area contributed by atoms with Crippen LogP contribution in [-0.2, 0) is 6.54 Å². The molecule has 0 radical (unpaired) electrons. The fourth-order valence-corrected chi connectivity index (χ4v) is 6.54. The van der Waals surface area contributed by atoms with Crippen LogP contribution in [0.15, 0.2) is 53.8 Å². The van der Waals surface area contributed by atoms with Crippen LogP contribution in [0.5, 0.6) is 0 Å². The van der Waals surface area contributed by atoms with Gasteiger partial charge >= 0.3 is 0 Å². The molecule has 6 nitrogen and oxygen atoms in total. The fraction of sp³-hybridized carbons (Fsp3) is 0.387. The number of aromatic amines is 1. The molecule has 0 unspecified atom stereocenters. The van der Waals surface area contributed by atoms with Crippen LogP contribution in [0.25, 0.3) is 28.0 Å². The first-order valence-electron chi connectivity index (χ1n) is 13.7. The van der Waals surface area contributed by atoms with Crippen molar-refractivity contribution in [1.82, 2.24) is 20.2 Å². The highest BCUT2D eigenvalue weighted by molar-refractivity contribution is 6.05. The van der Waals surface area contributed by atoms with Gasteiger partial charge in [-0.05, 0) is 77.8 Å². The van der Waals surface area contributed by atoms with Crippen LogP contribution in [0.2, 0.25) is 0 Å². The molecule has 4 heterocycles. The number of nitrogens with zero attached hydrogens (tertiary/aromatic N) is 3. The summed E-state index contributed by atoms with van der Waals surface area (Å²) in [6, 6.07) is 13.3. The Labute approximate surface area is 217 Å². The Morgan fingerprint density at radius 1 is 0.946 bits per heavy atom. The van der Waals surface area contributed by atoms with Crippen molar-refractivity contribution in [3.05, 3.63) is 71.3 Å². The van der Waals surface area contributed by atoms with E-state index in [9.17, 15) is 4.79 Å². The molecule has 1 aliphatic carbocycles. The molecular weight excluding hydrogens is 458 g/mol. The van der Waals surface area contributed by atoms with E-state index in [0.29, 0.717) is 18.5 Å². The van der Waals surface area contributed by atoms with Crippen LogP contribution >= 0.6 is 0 Å². The van der Waals surface area contributed by atoms with Gasteiger partial charge in [-0.1, -0.05) is 37.1 Å². The first-order chi connectivity index (χ1) is 18.1. The van der Waals surface area contributed by atoms with Gasteiger partial charge in [-0.2, -0.15) is 0 Å². The van der Waals surface area contributed by atoms with Crippen molar-refractivity contribution in [3.63, 3.8) is 0 Å². The Balaban J connectivity index is 1.20. The van der Waals surface area contributed by atoms with E-state index in [-0.39, 0.29) is 5.91 Å². The number of amides is 1. The highest BCUT2D eigenvalue weighted by Crippen LogP contribution is 2.38. The van der Waals surface area contributed by atoms with Crippen molar-refractivity contribution in [1.29, 1.82) is 0 Å². The van der Waals surface area contributed by atoms with Gasteiger partial charge in [0, 0.05) is 49.4 Å². The standard InChI is InChI=1S/C31H33N5O/c1-36-18-23-13-21(29-17-34-30(35-29)19-5-2-3-6-19)9-10-24(23)25-11-8-20(14-26(25)31(36)37)22-15-28(33-16-22)27-7-4-12-32-27/h8-11,13-14,16-17,19,27,32H,2-7,12,15,18H2,1H3,(H,34,35)/t27-/m0/s1. The number of carbonyl (C=O) groups is 1. The number of rotatable bonds is 4. The van der Waals surface area contributed by atoms with E-state index in [4.69, 9.17) is 9.98 Å². The summed E-state index contributed by atoms with van der Waals surface area (Å²) in [5, 5.41) is 3.55. The number of fused-ring (bicyclic) bond motifs is 3. The zero-order valence-corrected chi connectivity index (χ0v) is 21.4. The molecule has 2 fully saturated rings. The number of aliphatic imine (C=N–C) groups is 1. The van der Waals surface area contributed by atoms with Crippen molar-refractivity contribution in [2.45, 2.75) is 63.5 Å². The molecule has 1 atom stereocenters. The SMILES string of the molecule is CN1Cc2cc(-c3cnc(C4CCCC4)[nH]3)ccc2-c2ccc(C3=CN=C([C@@H]4CCCN4)C3)cc2C1=O. The van der Waals surface area contributed by atoms with E-state index >= 15 is 0 Å². The summed E-state index contributed by atoms with van der Waals surface area (Å²) in [4.78, 5) is 28.4. The zero-order valence-electron chi connectivity index (χ0n) is 21.4. The van der Waals surface area contributed by atoms with Gasteiger partial charge in [-0.3, -0.25) is 9.79 Å². The molecule has 7 rings (SSSR count). The van der Waals surface area contributed by atoms with E-state index < -0.39 is 0 Å². The molecule has 1 aromatic heterocycles. The van der Waals surface area contributed by atoms with Gasteiger partial charge in [0.15, 0.2) is 0 Å². The molecular formula is C31H33N5O. The minimum absolute atomic E-state index is 0.0665. The Kier molecular flexibility index (Phi) is 5.58. The molecule has 3 aromatic rings. The van der Waals surface area contributed by atoms with Gasteiger partial charge in [-0.15, -0.1) is 0 Å². The third-order valence-corrected chi connectivity index (χ3v) is 8.64. The third kappa shape index (κ3) is 4.04. The van der Waals surface area contributed by atoms with Gasteiger partial charge in [-0.25, -0.2) is 4.98 Å². The van der Waals surface area contributed by atoms with Gasteiger partial charge < -0.3 is 15.2 Å². The van der Waals surface area contributed by atoms with Crippen LogP contribution in [0, 0.1) is 0 Å². The van der Waals surface area contributed by atoms with Gasteiger partial charge in [0.1, 0.15) is 5.82 Å². The highest BCUT2D eigenvalue weighted by Gasteiger charge is 2.28. The van der Waals surface area contributed by atoms with Crippen LogP contribution < -0.4 is 5.32 Å². The molecule has 3 aliphatic heterocycles. The summed E-state index contributed by atoms with van der Waals surface area (Å²) in [6.07, 6.45) is 12.2. The Bertz CT molecular complexity index is 1440. The number of carbonyl (C=O) groups excluding carboxylic acids is 1. The first-order valence-corrected chi connectivity index (χ1v) is 13.7. The van der Waals surface area contributed by atoms with E-state index in [2.05, 4.69) is 46.7 Å². The third-order valence-electron chi connectivity index (χ3n) is 8.64. The van der Waals surface area contributed by atoms with E-state index in [1.807, 2.05) is 24.3 Å². The molecule has 37 heavy (non-hydrogen) atoms. The number of hydrogen-bond acceptors (Lipinski definition) is 4. The lowest BCUT2D eigenvalue weighted by Gasteiger charge is -2.16. The Morgan fingerprint density at radius 3 is 2.62 bits per heavy atom. The molecule has 4 aliphatic rings. The predicted octanol–water partition coefficient (Wildman–Crippen LogP) is 5.92. The monoisotopic (exact) mass is 491 g/mol. The van der Waals surface area contributed by atoms with Crippen molar-refractivity contribution >= 4 is 17.2 Å². The highest BCUT2D eigenvalue weighted by atomic mass is 16.2. The number of aromatic nitrogens is 2. The summed E-state index contributed by atoms with van der Waals surface area (Å²) in [5.41, 5.74) is 9.75. The minimum atomic E-state index is 0.0665. The minimum Gasteiger partial charge on any atom is -0.342 e. The maximum atomic E-state index is 13.5. The average molecular weight is 492 g/mol. The van der Waals surface area contributed by atoms with E-state index in [0.717, 1.165) is 64.3 Å². The molecule has 2 N–H and O–H groups in total. The normalized spacial score (nSPS) is 21.6. The average Bonchev–Trinajstić information content (AvgIpc) is 3.74. The van der Waals surface area contributed by atoms with Gasteiger partial charge in [0.2, 0.25) is 0 Å². The second-order valence-electron chi connectivity index (χ2n) is 11.1. The summed E-state index contributed by atoms with van der Waals surface area (Å²) in [7, 11) is 1.90. The smallest absolute Gasteiger partial charge is 0.254 e.